The highest BCUT2D eigenvalue weighted by Gasteiger charge is 2.39. The van der Waals surface area contributed by atoms with E-state index in [9.17, 15) is 4.39 Å². The van der Waals surface area contributed by atoms with Crippen molar-refractivity contribution in [2.75, 3.05) is 12.1 Å². The molecule has 0 saturated heterocycles. The molecule has 2 aromatic rings. The number of anilines is 1. The quantitative estimate of drug-likeness (QED) is 0.793. The number of ether oxygens (including phenoxy) is 2. The molecule has 0 fully saturated rings. The van der Waals surface area contributed by atoms with Crippen LogP contribution in [0.15, 0.2) is 48.6 Å². The van der Waals surface area contributed by atoms with E-state index >= 15 is 0 Å². The molecule has 4 heteroatoms. The first-order valence-electron chi connectivity index (χ1n) is 7.92. The molecule has 3 aliphatic rings. The topological polar surface area (TPSA) is 30.5 Å². The van der Waals surface area contributed by atoms with Crippen molar-refractivity contribution in [3.63, 3.8) is 0 Å². The van der Waals surface area contributed by atoms with E-state index in [1.807, 2.05) is 24.3 Å². The lowest BCUT2D eigenvalue weighted by atomic mass is 9.77. The fourth-order valence-corrected chi connectivity index (χ4v) is 4.02. The van der Waals surface area contributed by atoms with Gasteiger partial charge in [-0.1, -0.05) is 30.4 Å². The molecule has 0 aromatic heterocycles. The molecule has 1 aliphatic carbocycles. The van der Waals surface area contributed by atoms with Crippen LogP contribution >= 0.6 is 0 Å². The minimum absolute atomic E-state index is 0.0638. The standard InChI is InChI=1S/C19H16FNO2/c20-15-6-2-5-14-12-3-1-4-13(12)18(21-19(14)15)11-7-8-16-17(9-11)23-10-22-16/h1-3,5-9,12-13,18,21H,4,10H2/t12-,13+,18+/m0/s1. The lowest BCUT2D eigenvalue weighted by molar-refractivity contribution is 0.174. The number of allylic oxidation sites excluding steroid dienone is 2. The Labute approximate surface area is 133 Å². The summed E-state index contributed by atoms with van der Waals surface area (Å²) in [5.74, 6) is 2.01. The Kier molecular flexibility index (Phi) is 2.68. The smallest absolute Gasteiger partial charge is 0.231 e. The second-order valence-corrected chi connectivity index (χ2v) is 6.29. The third-order valence-corrected chi connectivity index (χ3v) is 5.10. The van der Waals surface area contributed by atoms with Crippen molar-refractivity contribution in [3.05, 3.63) is 65.5 Å². The van der Waals surface area contributed by atoms with Gasteiger partial charge in [0, 0.05) is 5.92 Å². The summed E-state index contributed by atoms with van der Waals surface area (Å²) in [5, 5.41) is 3.43. The first-order valence-corrected chi connectivity index (χ1v) is 7.92. The second-order valence-electron chi connectivity index (χ2n) is 6.29. The largest absolute Gasteiger partial charge is 0.454 e. The highest BCUT2D eigenvalue weighted by Crippen LogP contribution is 2.51. The van der Waals surface area contributed by atoms with Gasteiger partial charge in [0.1, 0.15) is 5.82 Å². The van der Waals surface area contributed by atoms with Crippen molar-refractivity contribution in [2.45, 2.75) is 18.4 Å². The van der Waals surface area contributed by atoms with Crippen LogP contribution in [0.1, 0.15) is 29.5 Å². The molecule has 2 aliphatic heterocycles. The number of rotatable bonds is 1. The highest BCUT2D eigenvalue weighted by atomic mass is 19.1. The average molecular weight is 309 g/mol. The number of fused-ring (bicyclic) bond motifs is 4. The highest BCUT2D eigenvalue weighted by molar-refractivity contribution is 5.61. The summed E-state index contributed by atoms with van der Waals surface area (Å²) in [5.41, 5.74) is 2.80. The van der Waals surface area contributed by atoms with E-state index in [1.54, 1.807) is 6.07 Å². The number of para-hydroxylation sites is 1. The third-order valence-electron chi connectivity index (χ3n) is 5.10. The van der Waals surface area contributed by atoms with Crippen LogP contribution in [0.2, 0.25) is 0 Å². The minimum Gasteiger partial charge on any atom is -0.454 e. The Morgan fingerprint density at radius 2 is 2.00 bits per heavy atom. The van der Waals surface area contributed by atoms with Gasteiger partial charge in [-0.05, 0) is 41.7 Å². The van der Waals surface area contributed by atoms with Gasteiger partial charge in [-0.15, -0.1) is 0 Å². The van der Waals surface area contributed by atoms with Crippen LogP contribution in [0, 0.1) is 11.7 Å². The SMILES string of the molecule is Fc1cccc2c1N[C@H](c1ccc3c(c1)OCO3)[C@@H]1CC=C[C@H]21. The Hall–Kier alpha value is -2.49. The van der Waals surface area contributed by atoms with Crippen molar-refractivity contribution in [1.29, 1.82) is 0 Å². The van der Waals surface area contributed by atoms with E-state index in [4.69, 9.17) is 9.47 Å². The first kappa shape index (κ1) is 13.0. The van der Waals surface area contributed by atoms with Crippen LogP contribution in [0.4, 0.5) is 10.1 Å². The number of hydrogen-bond donors (Lipinski definition) is 1. The Morgan fingerprint density at radius 3 is 2.96 bits per heavy atom. The predicted molar refractivity (Wildman–Crippen MR) is 85.3 cm³/mol. The van der Waals surface area contributed by atoms with E-state index in [0.29, 0.717) is 11.6 Å². The van der Waals surface area contributed by atoms with Crippen molar-refractivity contribution < 1.29 is 13.9 Å². The second kappa shape index (κ2) is 4.75. The number of halogens is 1. The van der Waals surface area contributed by atoms with Crippen LogP contribution < -0.4 is 14.8 Å². The van der Waals surface area contributed by atoms with Gasteiger partial charge in [0.05, 0.1) is 11.7 Å². The zero-order valence-electron chi connectivity index (χ0n) is 12.5. The van der Waals surface area contributed by atoms with Crippen LogP contribution in [-0.4, -0.2) is 6.79 Å². The summed E-state index contributed by atoms with van der Waals surface area (Å²) in [7, 11) is 0. The molecule has 0 radical (unpaired) electrons. The van der Waals surface area contributed by atoms with Gasteiger partial charge in [0.2, 0.25) is 6.79 Å². The molecule has 0 unspecified atom stereocenters. The minimum atomic E-state index is -0.188. The van der Waals surface area contributed by atoms with Gasteiger partial charge in [0.15, 0.2) is 11.5 Å². The van der Waals surface area contributed by atoms with Gasteiger partial charge >= 0.3 is 0 Å². The van der Waals surface area contributed by atoms with Gasteiger partial charge in [0.25, 0.3) is 0 Å². The predicted octanol–water partition coefficient (Wildman–Crippen LogP) is 4.38. The van der Waals surface area contributed by atoms with Crippen LogP contribution in [0.5, 0.6) is 11.5 Å². The molecule has 5 rings (SSSR count). The average Bonchev–Trinajstić information content (AvgIpc) is 3.23. The molecule has 0 bridgehead atoms. The lowest BCUT2D eigenvalue weighted by Gasteiger charge is -2.37. The van der Waals surface area contributed by atoms with Crippen LogP contribution in [0.3, 0.4) is 0 Å². The molecule has 1 N–H and O–H groups in total. The molecule has 3 atom stereocenters. The summed E-state index contributed by atoms with van der Waals surface area (Å²) < 4.78 is 25.2. The van der Waals surface area contributed by atoms with E-state index in [2.05, 4.69) is 17.5 Å². The molecule has 2 aromatic carbocycles. The van der Waals surface area contributed by atoms with Crippen LogP contribution in [-0.2, 0) is 0 Å². The monoisotopic (exact) mass is 309 g/mol. The molecule has 3 nitrogen and oxygen atoms in total. The maximum absolute atomic E-state index is 14.3. The summed E-state index contributed by atoms with van der Waals surface area (Å²) in [6.45, 7) is 0.266. The van der Waals surface area contributed by atoms with Crippen molar-refractivity contribution >= 4 is 5.69 Å². The van der Waals surface area contributed by atoms with E-state index in [-0.39, 0.29) is 24.6 Å². The number of benzene rings is 2. The number of hydrogen-bond acceptors (Lipinski definition) is 3. The first-order chi connectivity index (χ1) is 11.3. The third kappa shape index (κ3) is 1.87. The van der Waals surface area contributed by atoms with E-state index < -0.39 is 0 Å². The summed E-state index contributed by atoms with van der Waals surface area (Å²) >= 11 is 0. The lowest BCUT2D eigenvalue weighted by Crippen LogP contribution is -2.29. The van der Waals surface area contributed by atoms with Gasteiger partial charge in [-0.25, -0.2) is 4.39 Å². The summed E-state index contributed by atoms with van der Waals surface area (Å²) in [4.78, 5) is 0. The molecule has 116 valence electrons. The molecular formula is C19H16FNO2. The van der Waals surface area contributed by atoms with Crippen molar-refractivity contribution in [3.8, 4) is 11.5 Å². The maximum atomic E-state index is 14.3. The van der Waals surface area contributed by atoms with E-state index in [0.717, 1.165) is 29.0 Å². The maximum Gasteiger partial charge on any atom is 0.231 e. The molecule has 2 heterocycles. The van der Waals surface area contributed by atoms with Gasteiger partial charge in [-0.2, -0.15) is 0 Å². The van der Waals surface area contributed by atoms with Crippen molar-refractivity contribution in [1.82, 2.24) is 0 Å². The summed E-state index contributed by atoms with van der Waals surface area (Å²) in [6, 6.07) is 11.4. The van der Waals surface area contributed by atoms with Crippen LogP contribution in [0.25, 0.3) is 0 Å². The fraction of sp³-hybridized carbons (Fsp3) is 0.263. The fourth-order valence-electron chi connectivity index (χ4n) is 4.02. The molecule has 0 amide bonds. The molecule has 0 saturated carbocycles. The Balaban J connectivity index is 1.60. The van der Waals surface area contributed by atoms with E-state index in [1.165, 1.54) is 6.07 Å². The van der Waals surface area contributed by atoms with Crippen molar-refractivity contribution in [2.24, 2.45) is 5.92 Å². The molecule has 23 heavy (non-hydrogen) atoms. The zero-order valence-corrected chi connectivity index (χ0v) is 12.5. The summed E-state index contributed by atoms with van der Waals surface area (Å²) in [6.07, 6.45) is 5.41. The van der Waals surface area contributed by atoms with Gasteiger partial charge < -0.3 is 14.8 Å². The van der Waals surface area contributed by atoms with Gasteiger partial charge in [-0.3, -0.25) is 0 Å². The zero-order chi connectivity index (χ0) is 15.4. The Morgan fingerprint density at radius 1 is 1.09 bits per heavy atom. The number of nitrogens with one attached hydrogen (secondary N) is 1. The molecule has 0 spiro atoms. The Bertz CT molecular complexity index is 817. The molecular weight excluding hydrogens is 293 g/mol. The normalized spacial score (nSPS) is 26.6.